The van der Waals surface area contributed by atoms with E-state index in [4.69, 9.17) is 9.47 Å². The molecule has 0 atom stereocenters. The summed E-state index contributed by atoms with van der Waals surface area (Å²) in [6, 6.07) is 0. The van der Waals surface area contributed by atoms with Crippen LogP contribution in [0.5, 0.6) is 0 Å². The van der Waals surface area contributed by atoms with Crippen molar-refractivity contribution in [3.8, 4) is 0 Å². The summed E-state index contributed by atoms with van der Waals surface area (Å²) in [5.74, 6) is -1.09. The molecular weight excluding hydrogens is 327 g/mol. The van der Waals surface area contributed by atoms with E-state index in [2.05, 4.69) is 10.2 Å². The van der Waals surface area contributed by atoms with Gasteiger partial charge in [-0.1, -0.05) is 0 Å². The Bertz CT molecular complexity index is 367. The molecule has 1 N–H and O–H groups in total. The minimum absolute atomic E-state index is 0.102. The van der Waals surface area contributed by atoms with E-state index in [9.17, 15) is 9.59 Å². The first-order valence-electron chi connectivity index (χ1n) is 4.69. The van der Waals surface area contributed by atoms with Gasteiger partial charge < -0.3 is 9.47 Å². The summed E-state index contributed by atoms with van der Waals surface area (Å²) >= 11 is 1.85. The SMILES string of the molecule is CCOC(=O)c1n[nH]c(C(=O)OCC)c1I. The molecule has 0 saturated heterocycles. The summed E-state index contributed by atoms with van der Waals surface area (Å²) in [6.07, 6.45) is 0. The van der Waals surface area contributed by atoms with Crippen molar-refractivity contribution in [2.75, 3.05) is 13.2 Å². The van der Waals surface area contributed by atoms with Crippen LogP contribution in [0, 0.1) is 3.57 Å². The number of aromatic nitrogens is 2. The summed E-state index contributed by atoms with van der Waals surface area (Å²) in [5, 5.41) is 6.19. The van der Waals surface area contributed by atoms with Crippen LogP contribution in [0.4, 0.5) is 0 Å². The molecule has 1 aromatic rings. The van der Waals surface area contributed by atoms with Gasteiger partial charge in [0.1, 0.15) is 0 Å². The Kier molecular flexibility index (Phi) is 4.71. The van der Waals surface area contributed by atoms with E-state index in [1.165, 1.54) is 0 Å². The number of carbonyl (C=O) groups is 2. The lowest BCUT2D eigenvalue weighted by molar-refractivity contribution is 0.0513. The molecule has 1 heterocycles. The Morgan fingerprint density at radius 3 is 2.38 bits per heavy atom. The zero-order chi connectivity index (χ0) is 12.1. The van der Waals surface area contributed by atoms with Crippen LogP contribution in [0.3, 0.4) is 0 Å². The Morgan fingerprint density at radius 2 is 1.81 bits per heavy atom. The molecule has 1 rings (SSSR count). The predicted octanol–water partition coefficient (Wildman–Crippen LogP) is 1.37. The quantitative estimate of drug-likeness (QED) is 0.662. The maximum Gasteiger partial charge on any atom is 0.359 e. The molecule has 16 heavy (non-hydrogen) atoms. The highest BCUT2D eigenvalue weighted by atomic mass is 127. The number of nitrogens with one attached hydrogen (secondary N) is 1. The molecule has 0 spiro atoms. The number of ether oxygens (including phenoxy) is 2. The number of nitrogens with zero attached hydrogens (tertiary/aromatic N) is 1. The highest BCUT2D eigenvalue weighted by Gasteiger charge is 2.23. The van der Waals surface area contributed by atoms with E-state index in [0.717, 1.165) is 0 Å². The lowest BCUT2D eigenvalue weighted by Gasteiger charge is -1.99. The molecule has 0 aliphatic carbocycles. The first kappa shape index (κ1) is 12.9. The fourth-order valence-corrected chi connectivity index (χ4v) is 1.68. The zero-order valence-corrected chi connectivity index (χ0v) is 11.0. The second-order valence-corrected chi connectivity index (χ2v) is 3.78. The maximum absolute atomic E-state index is 11.4. The van der Waals surface area contributed by atoms with Crippen LogP contribution >= 0.6 is 22.6 Å². The van der Waals surface area contributed by atoms with E-state index < -0.39 is 11.9 Å². The number of aromatic amines is 1. The highest BCUT2D eigenvalue weighted by molar-refractivity contribution is 14.1. The molecular formula is C9H11IN2O4. The van der Waals surface area contributed by atoms with Crippen molar-refractivity contribution in [3.63, 3.8) is 0 Å². The van der Waals surface area contributed by atoms with E-state index in [1.807, 2.05) is 22.6 Å². The number of H-pyrrole nitrogens is 1. The summed E-state index contributed by atoms with van der Waals surface area (Å²) < 4.78 is 9.99. The number of rotatable bonds is 4. The Morgan fingerprint density at radius 1 is 1.25 bits per heavy atom. The molecule has 0 aromatic carbocycles. The Labute approximate surface area is 106 Å². The summed E-state index contributed by atoms with van der Waals surface area (Å²) in [4.78, 5) is 22.8. The third-order valence-electron chi connectivity index (χ3n) is 1.66. The van der Waals surface area contributed by atoms with Gasteiger partial charge >= 0.3 is 11.9 Å². The van der Waals surface area contributed by atoms with Crippen molar-refractivity contribution in [1.82, 2.24) is 10.2 Å². The molecule has 0 amide bonds. The summed E-state index contributed by atoms with van der Waals surface area (Å²) in [6.45, 7) is 3.93. The van der Waals surface area contributed by atoms with Crippen LogP contribution in [0.25, 0.3) is 0 Å². The third kappa shape index (κ3) is 2.71. The first-order valence-corrected chi connectivity index (χ1v) is 5.77. The first-order chi connectivity index (χ1) is 7.61. The monoisotopic (exact) mass is 338 g/mol. The molecule has 7 heteroatoms. The van der Waals surface area contributed by atoms with Crippen LogP contribution in [0.2, 0.25) is 0 Å². The lowest BCUT2D eigenvalue weighted by atomic mass is 10.3. The maximum atomic E-state index is 11.4. The van der Waals surface area contributed by atoms with Gasteiger partial charge in [0.2, 0.25) is 0 Å². The fourth-order valence-electron chi connectivity index (χ4n) is 1.00. The number of carbonyl (C=O) groups excluding carboxylic acids is 2. The molecule has 0 saturated carbocycles. The van der Waals surface area contributed by atoms with Gasteiger partial charge in [-0.3, -0.25) is 5.10 Å². The van der Waals surface area contributed by atoms with Crippen LogP contribution in [-0.2, 0) is 9.47 Å². The van der Waals surface area contributed by atoms with Crippen LogP contribution in [0.1, 0.15) is 34.8 Å². The van der Waals surface area contributed by atoms with Crippen LogP contribution < -0.4 is 0 Å². The van der Waals surface area contributed by atoms with Crippen molar-refractivity contribution in [2.45, 2.75) is 13.8 Å². The summed E-state index contributed by atoms with van der Waals surface area (Å²) in [7, 11) is 0. The number of hydrogen-bond donors (Lipinski definition) is 1. The minimum Gasteiger partial charge on any atom is -0.461 e. The van der Waals surface area contributed by atoms with Crippen molar-refractivity contribution in [2.24, 2.45) is 0 Å². The van der Waals surface area contributed by atoms with Crippen molar-refractivity contribution < 1.29 is 19.1 Å². The van der Waals surface area contributed by atoms with Gasteiger partial charge in [0, 0.05) is 0 Å². The zero-order valence-electron chi connectivity index (χ0n) is 8.87. The third-order valence-corrected chi connectivity index (χ3v) is 2.71. The predicted molar refractivity (Wildman–Crippen MR) is 63.2 cm³/mol. The van der Waals surface area contributed by atoms with Crippen molar-refractivity contribution in [1.29, 1.82) is 0 Å². The fraction of sp³-hybridized carbons (Fsp3) is 0.444. The summed E-state index contributed by atoms with van der Waals surface area (Å²) in [5.41, 5.74) is 0.274. The normalized spacial score (nSPS) is 9.94. The molecule has 0 fully saturated rings. The second-order valence-electron chi connectivity index (χ2n) is 2.70. The molecule has 0 radical (unpaired) electrons. The average Bonchev–Trinajstić information content (AvgIpc) is 2.61. The Balaban J connectivity index is 2.92. The lowest BCUT2D eigenvalue weighted by Crippen LogP contribution is -2.09. The average molecular weight is 338 g/mol. The minimum atomic E-state index is -0.557. The number of hydrogen-bond acceptors (Lipinski definition) is 5. The Hall–Kier alpha value is -1.12. The molecule has 0 aliphatic rings. The van der Waals surface area contributed by atoms with Gasteiger partial charge in [-0.25, -0.2) is 9.59 Å². The van der Waals surface area contributed by atoms with Crippen LogP contribution in [-0.4, -0.2) is 35.3 Å². The van der Waals surface area contributed by atoms with Gasteiger partial charge in [-0.15, -0.1) is 0 Å². The highest BCUT2D eigenvalue weighted by Crippen LogP contribution is 2.16. The topological polar surface area (TPSA) is 81.3 Å². The second kappa shape index (κ2) is 5.83. The standard InChI is InChI=1S/C9H11IN2O4/c1-3-15-8(13)6-5(10)7(12-11-6)9(14)16-4-2/h3-4H2,1-2H3,(H,11,12). The van der Waals surface area contributed by atoms with E-state index in [0.29, 0.717) is 3.57 Å². The molecule has 6 nitrogen and oxygen atoms in total. The molecule has 0 aliphatic heterocycles. The molecule has 1 aromatic heterocycles. The number of esters is 2. The van der Waals surface area contributed by atoms with Gasteiger partial charge in [0.15, 0.2) is 11.4 Å². The van der Waals surface area contributed by atoms with E-state index >= 15 is 0 Å². The van der Waals surface area contributed by atoms with Gasteiger partial charge in [-0.2, -0.15) is 5.10 Å². The molecule has 0 bridgehead atoms. The van der Waals surface area contributed by atoms with E-state index in [-0.39, 0.29) is 24.6 Å². The number of halogens is 1. The van der Waals surface area contributed by atoms with E-state index in [1.54, 1.807) is 13.8 Å². The molecule has 88 valence electrons. The largest absolute Gasteiger partial charge is 0.461 e. The molecule has 0 unspecified atom stereocenters. The van der Waals surface area contributed by atoms with Gasteiger partial charge in [-0.05, 0) is 36.4 Å². The van der Waals surface area contributed by atoms with Crippen molar-refractivity contribution in [3.05, 3.63) is 15.0 Å². The smallest absolute Gasteiger partial charge is 0.359 e. The van der Waals surface area contributed by atoms with Gasteiger partial charge in [0.05, 0.1) is 16.8 Å². The van der Waals surface area contributed by atoms with Crippen molar-refractivity contribution >= 4 is 34.5 Å². The van der Waals surface area contributed by atoms with Gasteiger partial charge in [0.25, 0.3) is 0 Å². The van der Waals surface area contributed by atoms with Crippen LogP contribution in [0.15, 0.2) is 0 Å².